The Morgan fingerprint density at radius 3 is 2.46 bits per heavy atom. The summed E-state index contributed by atoms with van der Waals surface area (Å²) in [5.74, 6) is -1.03. The quantitative estimate of drug-likeness (QED) is 0.205. The van der Waals surface area contributed by atoms with E-state index in [4.69, 9.17) is 14.6 Å². The van der Waals surface area contributed by atoms with E-state index in [2.05, 4.69) is 30.8 Å². The van der Waals surface area contributed by atoms with E-state index in [1.165, 1.54) is 36.5 Å². The molecule has 1 saturated heterocycles. The minimum Gasteiger partial charge on any atom is -0.502 e. The van der Waals surface area contributed by atoms with Gasteiger partial charge in [0.15, 0.2) is 0 Å². The Kier molecular flexibility index (Phi) is 9.15. The van der Waals surface area contributed by atoms with Crippen molar-refractivity contribution in [2.45, 2.75) is 6.92 Å². The van der Waals surface area contributed by atoms with Gasteiger partial charge in [0, 0.05) is 37.3 Å². The first-order valence-corrected chi connectivity index (χ1v) is 10.8. The maximum atomic E-state index is 13.2. The zero-order chi connectivity index (χ0) is 26.8. The smallest absolute Gasteiger partial charge is 0.311 e. The molecule has 0 atom stereocenters. The van der Waals surface area contributed by atoms with E-state index < -0.39 is 22.3 Å². The molecule has 15 heteroatoms. The van der Waals surface area contributed by atoms with Crippen molar-refractivity contribution in [2.75, 3.05) is 41.9 Å². The summed E-state index contributed by atoms with van der Waals surface area (Å²) in [6.45, 7) is 3.31. The summed E-state index contributed by atoms with van der Waals surface area (Å²) in [7, 11) is 0. The molecule has 0 bridgehead atoms. The van der Waals surface area contributed by atoms with Gasteiger partial charge in [0.2, 0.25) is 23.6 Å². The second-order valence-electron chi connectivity index (χ2n) is 7.38. The minimum atomic E-state index is -0.833. The lowest BCUT2D eigenvalue weighted by atomic mass is 10.2. The standard InChI is InChI=1S/C20H19FN8O4.C2H4O2/c21-14-4-6-15(7-5-14)23-18-24-19(26-20(25-18)28-8-10-33-11-9-28)27-22-12-13-2-1-3-16(17(13)30)29(31)32;1-2(3)4/h1-7,12,30H,8-11H2,(H2,23,24,25,26,27);1H3,(H,3,4)/b22-12+;. The third-order valence-corrected chi connectivity index (χ3v) is 4.63. The monoisotopic (exact) mass is 514 g/mol. The first-order chi connectivity index (χ1) is 17.7. The maximum absolute atomic E-state index is 13.2. The number of morpholine rings is 1. The second-order valence-corrected chi connectivity index (χ2v) is 7.38. The van der Waals surface area contributed by atoms with E-state index in [0.717, 1.165) is 6.92 Å². The van der Waals surface area contributed by atoms with Gasteiger partial charge < -0.3 is 25.2 Å². The number of carboxylic acid groups (broad SMARTS) is 1. The van der Waals surface area contributed by atoms with Crippen LogP contribution in [0.4, 0.5) is 33.6 Å². The molecular formula is C22H23FN8O6. The fourth-order valence-electron chi connectivity index (χ4n) is 3.00. The highest BCUT2D eigenvalue weighted by Crippen LogP contribution is 2.28. The zero-order valence-corrected chi connectivity index (χ0v) is 19.5. The topological polar surface area (TPSA) is 188 Å². The Morgan fingerprint density at radius 2 is 1.81 bits per heavy atom. The molecule has 2 heterocycles. The molecule has 4 N–H and O–H groups in total. The second kappa shape index (κ2) is 12.7. The van der Waals surface area contributed by atoms with Gasteiger partial charge in [0.1, 0.15) is 5.82 Å². The Labute approximate surface area is 209 Å². The molecule has 14 nitrogen and oxygen atoms in total. The van der Waals surface area contributed by atoms with Crippen molar-refractivity contribution < 1.29 is 29.1 Å². The Balaban J connectivity index is 0.000000886. The molecule has 37 heavy (non-hydrogen) atoms. The molecular weight excluding hydrogens is 491 g/mol. The molecule has 0 amide bonds. The van der Waals surface area contributed by atoms with E-state index in [9.17, 15) is 19.6 Å². The van der Waals surface area contributed by atoms with Crippen molar-refractivity contribution in [2.24, 2.45) is 5.10 Å². The SMILES string of the molecule is CC(=O)O.O=[N+]([O-])c1cccc(/C=N/Nc2nc(Nc3ccc(F)cc3)nc(N3CCOCC3)n2)c1O. The number of halogens is 1. The molecule has 0 spiro atoms. The van der Waals surface area contributed by atoms with Crippen molar-refractivity contribution in [3.05, 3.63) is 64.0 Å². The molecule has 0 aliphatic carbocycles. The molecule has 2 aromatic carbocycles. The lowest BCUT2D eigenvalue weighted by Crippen LogP contribution is -2.37. The molecule has 1 fully saturated rings. The van der Waals surface area contributed by atoms with Crippen LogP contribution in [0.2, 0.25) is 0 Å². The van der Waals surface area contributed by atoms with Crippen LogP contribution in [0.15, 0.2) is 47.6 Å². The molecule has 1 aliphatic rings. The van der Waals surface area contributed by atoms with E-state index in [1.807, 2.05) is 4.90 Å². The first kappa shape index (κ1) is 26.7. The highest BCUT2D eigenvalue weighted by atomic mass is 19.1. The number of nitrogens with one attached hydrogen (secondary N) is 2. The van der Waals surface area contributed by atoms with Crippen molar-refractivity contribution in [3.63, 3.8) is 0 Å². The molecule has 4 rings (SSSR count). The van der Waals surface area contributed by atoms with Crippen molar-refractivity contribution in [1.29, 1.82) is 0 Å². The van der Waals surface area contributed by atoms with Crippen LogP contribution in [-0.2, 0) is 9.53 Å². The summed E-state index contributed by atoms with van der Waals surface area (Å²) in [6.07, 6.45) is 1.22. The number of carbonyl (C=O) groups is 1. The minimum absolute atomic E-state index is 0.0947. The average Bonchev–Trinajstić information content (AvgIpc) is 2.86. The van der Waals surface area contributed by atoms with Crippen LogP contribution >= 0.6 is 0 Å². The number of aliphatic carboxylic acids is 1. The lowest BCUT2D eigenvalue weighted by Gasteiger charge is -2.27. The molecule has 1 aromatic heterocycles. The number of nitro groups is 1. The van der Waals surface area contributed by atoms with Gasteiger partial charge in [-0.3, -0.25) is 14.9 Å². The van der Waals surface area contributed by atoms with Gasteiger partial charge in [-0.15, -0.1) is 0 Å². The summed E-state index contributed by atoms with van der Waals surface area (Å²) in [6, 6.07) is 9.80. The molecule has 0 unspecified atom stereocenters. The van der Waals surface area contributed by atoms with Gasteiger partial charge >= 0.3 is 5.69 Å². The van der Waals surface area contributed by atoms with Crippen LogP contribution in [0.1, 0.15) is 12.5 Å². The Hall–Kier alpha value is -4.92. The van der Waals surface area contributed by atoms with Gasteiger partial charge in [-0.2, -0.15) is 20.1 Å². The number of hydrogen-bond donors (Lipinski definition) is 4. The fraction of sp³-hybridized carbons (Fsp3) is 0.227. The number of benzene rings is 2. The van der Waals surface area contributed by atoms with Gasteiger partial charge in [-0.1, -0.05) is 6.07 Å². The van der Waals surface area contributed by atoms with E-state index in [1.54, 1.807) is 12.1 Å². The summed E-state index contributed by atoms with van der Waals surface area (Å²) >= 11 is 0. The predicted molar refractivity (Wildman–Crippen MR) is 132 cm³/mol. The van der Waals surface area contributed by atoms with Crippen molar-refractivity contribution in [3.8, 4) is 5.75 Å². The van der Waals surface area contributed by atoms with Crippen molar-refractivity contribution >= 4 is 41.4 Å². The van der Waals surface area contributed by atoms with E-state index in [-0.39, 0.29) is 23.3 Å². The van der Waals surface area contributed by atoms with Crippen LogP contribution in [0.25, 0.3) is 0 Å². The maximum Gasteiger partial charge on any atom is 0.311 e. The van der Waals surface area contributed by atoms with E-state index >= 15 is 0 Å². The van der Waals surface area contributed by atoms with Gasteiger partial charge in [0.25, 0.3) is 5.97 Å². The van der Waals surface area contributed by atoms with Crippen LogP contribution in [0, 0.1) is 15.9 Å². The number of para-hydroxylation sites is 1. The fourth-order valence-corrected chi connectivity index (χ4v) is 3.00. The molecule has 3 aromatic rings. The summed E-state index contributed by atoms with van der Waals surface area (Å²) in [5, 5.41) is 35.4. The van der Waals surface area contributed by atoms with Gasteiger partial charge in [0.05, 0.1) is 24.4 Å². The molecule has 194 valence electrons. The first-order valence-electron chi connectivity index (χ1n) is 10.8. The normalized spacial score (nSPS) is 13.0. The number of anilines is 4. The number of aromatic hydroxyl groups is 1. The number of nitro benzene ring substituents is 1. The Morgan fingerprint density at radius 1 is 1.16 bits per heavy atom. The highest BCUT2D eigenvalue weighted by molar-refractivity contribution is 5.85. The number of carboxylic acids is 1. The number of aromatic nitrogens is 3. The molecule has 1 aliphatic heterocycles. The molecule has 0 radical (unpaired) electrons. The van der Waals surface area contributed by atoms with Crippen LogP contribution in [0.5, 0.6) is 5.75 Å². The number of rotatable bonds is 7. The zero-order valence-electron chi connectivity index (χ0n) is 19.5. The number of nitrogens with zero attached hydrogens (tertiary/aromatic N) is 6. The van der Waals surface area contributed by atoms with Crippen molar-refractivity contribution in [1.82, 2.24) is 15.0 Å². The van der Waals surface area contributed by atoms with Crippen LogP contribution in [0.3, 0.4) is 0 Å². The van der Waals surface area contributed by atoms with Gasteiger partial charge in [-0.05, 0) is 30.3 Å². The summed E-state index contributed by atoms with van der Waals surface area (Å²) in [5.41, 5.74) is 2.94. The average molecular weight is 514 g/mol. The van der Waals surface area contributed by atoms with Crippen LogP contribution < -0.4 is 15.6 Å². The largest absolute Gasteiger partial charge is 0.502 e. The number of hydrogen-bond acceptors (Lipinski definition) is 12. The number of phenols is 1. The third-order valence-electron chi connectivity index (χ3n) is 4.63. The lowest BCUT2D eigenvalue weighted by molar-refractivity contribution is -0.385. The summed E-state index contributed by atoms with van der Waals surface area (Å²) in [4.78, 5) is 34.3. The number of phenolic OH excluding ortho intramolecular Hbond substituents is 1. The number of hydrazone groups is 1. The number of ether oxygens (including phenoxy) is 1. The third kappa shape index (κ3) is 8.07. The highest BCUT2D eigenvalue weighted by Gasteiger charge is 2.17. The Bertz CT molecular complexity index is 1260. The molecule has 0 saturated carbocycles. The summed E-state index contributed by atoms with van der Waals surface area (Å²) < 4.78 is 18.6. The van der Waals surface area contributed by atoms with E-state index in [0.29, 0.717) is 37.9 Å². The predicted octanol–water partition coefficient (Wildman–Crippen LogP) is 2.74. The van der Waals surface area contributed by atoms with Crippen LogP contribution in [-0.4, -0.2) is 68.6 Å². The van der Waals surface area contributed by atoms with Gasteiger partial charge in [-0.25, -0.2) is 9.82 Å².